The second kappa shape index (κ2) is 10.4. The van der Waals surface area contributed by atoms with Crippen molar-refractivity contribution in [2.24, 2.45) is 5.92 Å². The number of nitrogens with zero attached hydrogens (tertiary/aromatic N) is 1. The Morgan fingerprint density at radius 3 is 2.73 bits per heavy atom. The molecule has 0 bridgehead atoms. The number of rotatable bonds is 10. The van der Waals surface area contributed by atoms with Crippen molar-refractivity contribution < 1.29 is 9.53 Å². The van der Waals surface area contributed by atoms with Crippen LogP contribution >= 0.6 is 0 Å². The summed E-state index contributed by atoms with van der Waals surface area (Å²) < 4.78 is 5.43. The minimum Gasteiger partial charge on any atom is -0.381 e. The fraction of sp³-hybridized carbons (Fsp3) is 0.611. The molecule has 0 radical (unpaired) electrons. The third-order valence-electron chi connectivity index (χ3n) is 3.40. The molecule has 22 heavy (non-hydrogen) atoms. The highest BCUT2D eigenvalue weighted by atomic mass is 16.5. The van der Waals surface area contributed by atoms with E-state index in [1.165, 1.54) is 5.56 Å². The summed E-state index contributed by atoms with van der Waals surface area (Å²) in [5, 5.41) is 2.95. The van der Waals surface area contributed by atoms with Gasteiger partial charge in [0.05, 0.1) is 6.61 Å². The van der Waals surface area contributed by atoms with Crippen LogP contribution < -0.4 is 5.32 Å². The van der Waals surface area contributed by atoms with Crippen molar-refractivity contribution in [3.63, 3.8) is 0 Å². The van der Waals surface area contributed by atoms with E-state index < -0.39 is 0 Å². The Morgan fingerprint density at radius 1 is 1.32 bits per heavy atom. The zero-order chi connectivity index (χ0) is 16.4. The first-order chi connectivity index (χ1) is 10.5. The van der Waals surface area contributed by atoms with Crippen molar-refractivity contribution in [1.29, 1.82) is 0 Å². The van der Waals surface area contributed by atoms with Gasteiger partial charge in [-0.1, -0.05) is 45.0 Å². The summed E-state index contributed by atoms with van der Waals surface area (Å²) in [4.78, 5) is 14.0. The van der Waals surface area contributed by atoms with Crippen LogP contribution in [0.3, 0.4) is 0 Å². The van der Waals surface area contributed by atoms with E-state index in [0.29, 0.717) is 32.1 Å². The summed E-state index contributed by atoms with van der Waals surface area (Å²) in [5.41, 5.74) is 2.41. The van der Waals surface area contributed by atoms with Gasteiger partial charge in [-0.3, -0.25) is 4.79 Å². The standard InChI is InChI=1S/C18H30N2O2/c1-5-20(4)13-17-8-6-7-16(11-17)12-19-18(21)9-10-22-14-15(2)3/h6-8,11,15H,5,9-10,12-14H2,1-4H3,(H,19,21). The SMILES string of the molecule is CCN(C)Cc1cccc(CNC(=O)CCOCC(C)C)c1. The molecule has 4 heteroatoms. The average molecular weight is 306 g/mol. The minimum absolute atomic E-state index is 0.0415. The zero-order valence-corrected chi connectivity index (χ0v) is 14.4. The highest BCUT2D eigenvalue weighted by molar-refractivity contribution is 5.75. The summed E-state index contributed by atoms with van der Waals surface area (Å²) in [6, 6.07) is 8.37. The molecule has 0 aliphatic heterocycles. The summed E-state index contributed by atoms with van der Waals surface area (Å²) in [7, 11) is 2.10. The maximum Gasteiger partial charge on any atom is 0.222 e. The van der Waals surface area contributed by atoms with E-state index in [4.69, 9.17) is 4.74 Å². The van der Waals surface area contributed by atoms with E-state index in [9.17, 15) is 4.79 Å². The van der Waals surface area contributed by atoms with Gasteiger partial charge in [-0.25, -0.2) is 0 Å². The molecule has 0 spiro atoms. The molecule has 0 atom stereocenters. The molecule has 1 rings (SSSR count). The van der Waals surface area contributed by atoms with Crippen molar-refractivity contribution in [2.75, 3.05) is 26.8 Å². The molecule has 0 aliphatic rings. The van der Waals surface area contributed by atoms with Gasteiger partial charge in [-0.05, 0) is 30.6 Å². The van der Waals surface area contributed by atoms with E-state index >= 15 is 0 Å². The van der Waals surface area contributed by atoms with Gasteiger partial charge in [0.25, 0.3) is 0 Å². The van der Waals surface area contributed by atoms with Crippen LogP contribution in [0.25, 0.3) is 0 Å². The number of hydrogen-bond donors (Lipinski definition) is 1. The highest BCUT2D eigenvalue weighted by Crippen LogP contribution is 2.07. The second-order valence-electron chi connectivity index (χ2n) is 6.15. The zero-order valence-electron chi connectivity index (χ0n) is 14.4. The van der Waals surface area contributed by atoms with Gasteiger partial charge in [-0.15, -0.1) is 0 Å². The van der Waals surface area contributed by atoms with Crippen LogP contribution in [-0.2, 0) is 22.6 Å². The first kappa shape index (κ1) is 18.7. The molecule has 1 amide bonds. The monoisotopic (exact) mass is 306 g/mol. The lowest BCUT2D eigenvalue weighted by Crippen LogP contribution is -2.24. The lowest BCUT2D eigenvalue weighted by atomic mass is 10.1. The predicted molar refractivity (Wildman–Crippen MR) is 90.6 cm³/mol. The van der Waals surface area contributed by atoms with Crippen molar-refractivity contribution in [3.8, 4) is 0 Å². The van der Waals surface area contributed by atoms with Crippen LogP contribution in [0, 0.1) is 5.92 Å². The number of carbonyl (C=O) groups excluding carboxylic acids is 1. The van der Waals surface area contributed by atoms with Crippen LogP contribution in [0.15, 0.2) is 24.3 Å². The number of amides is 1. The number of carbonyl (C=O) groups is 1. The summed E-state index contributed by atoms with van der Waals surface area (Å²) in [6.07, 6.45) is 0.422. The highest BCUT2D eigenvalue weighted by Gasteiger charge is 2.04. The number of ether oxygens (including phenoxy) is 1. The van der Waals surface area contributed by atoms with E-state index in [1.807, 2.05) is 12.1 Å². The van der Waals surface area contributed by atoms with Crippen molar-refractivity contribution in [3.05, 3.63) is 35.4 Å². The lowest BCUT2D eigenvalue weighted by Gasteiger charge is -2.14. The number of nitrogens with one attached hydrogen (secondary N) is 1. The Kier molecular flexibility index (Phi) is 8.78. The third-order valence-corrected chi connectivity index (χ3v) is 3.40. The molecule has 124 valence electrons. The van der Waals surface area contributed by atoms with Crippen molar-refractivity contribution >= 4 is 5.91 Å². The smallest absolute Gasteiger partial charge is 0.222 e. The summed E-state index contributed by atoms with van der Waals surface area (Å²) in [6.45, 7) is 10.1. The molecule has 0 fully saturated rings. The normalized spacial score (nSPS) is 11.2. The van der Waals surface area contributed by atoms with E-state index in [-0.39, 0.29) is 5.91 Å². The molecule has 0 heterocycles. The molecular weight excluding hydrogens is 276 g/mol. The van der Waals surface area contributed by atoms with Crippen molar-refractivity contribution in [1.82, 2.24) is 10.2 Å². The molecule has 0 saturated carbocycles. The largest absolute Gasteiger partial charge is 0.381 e. The van der Waals surface area contributed by atoms with Gasteiger partial charge in [0.1, 0.15) is 0 Å². The third kappa shape index (κ3) is 8.15. The van der Waals surface area contributed by atoms with Crippen LogP contribution in [0.5, 0.6) is 0 Å². The predicted octanol–water partition coefficient (Wildman–Crippen LogP) is 2.82. The van der Waals surface area contributed by atoms with Gasteiger partial charge >= 0.3 is 0 Å². The van der Waals surface area contributed by atoms with E-state index in [1.54, 1.807) is 0 Å². The van der Waals surface area contributed by atoms with Gasteiger partial charge in [-0.2, -0.15) is 0 Å². The van der Waals surface area contributed by atoms with Gasteiger partial charge in [0, 0.05) is 26.1 Å². The van der Waals surface area contributed by atoms with E-state index in [0.717, 1.165) is 18.7 Å². The van der Waals surface area contributed by atoms with Crippen LogP contribution in [0.2, 0.25) is 0 Å². The maximum absolute atomic E-state index is 11.8. The molecular formula is C18H30N2O2. The topological polar surface area (TPSA) is 41.6 Å². The van der Waals surface area contributed by atoms with Crippen molar-refractivity contribution in [2.45, 2.75) is 40.3 Å². The molecule has 4 nitrogen and oxygen atoms in total. The maximum atomic E-state index is 11.8. The Morgan fingerprint density at radius 2 is 2.05 bits per heavy atom. The molecule has 0 aromatic heterocycles. The average Bonchev–Trinajstić information content (AvgIpc) is 2.49. The van der Waals surface area contributed by atoms with Gasteiger partial charge in [0.15, 0.2) is 0 Å². The molecule has 1 aromatic carbocycles. The van der Waals surface area contributed by atoms with Gasteiger partial charge in [0.2, 0.25) is 5.91 Å². The minimum atomic E-state index is 0.0415. The molecule has 0 aliphatic carbocycles. The Labute approximate surface area is 134 Å². The molecule has 1 N–H and O–H groups in total. The van der Waals surface area contributed by atoms with Crippen LogP contribution in [0.4, 0.5) is 0 Å². The quantitative estimate of drug-likeness (QED) is 0.676. The van der Waals surface area contributed by atoms with E-state index in [2.05, 4.69) is 50.2 Å². The summed E-state index contributed by atoms with van der Waals surface area (Å²) in [5.74, 6) is 0.548. The van der Waals surface area contributed by atoms with Gasteiger partial charge < -0.3 is 15.0 Å². The Hall–Kier alpha value is -1.39. The Bertz CT molecular complexity index is 446. The second-order valence-corrected chi connectivity index (χ2v) is 6.15. The fourth-order valence-corrected chi connectivity index (χ4v) is 2.03. The fourth-order valence-electron chi connectivity index (χ4n) is 2.03. The molecule has 0 saturated heterocycles. The molecule has 0 unspecified atom stereocenters. The van der Waals surface area contributed by atoms with Crippen LogP contribution in [0.1, 0.15) is 38.3 Å². The summed E-state index contributed by atoms with van der Waals surface area (Å²) >= 11 is 0. The first-order valence-electron chi connectivity index (χ1n) is 8.12. The number of benzene rings is 1. The lowest BCUT2D eigenvalue weighted by molar-refractivity contribution is -0.122. The molecule has 1 aromatic rings. The Balaban J connectivity index is 2.31. The first-order valence-corrected chi connectivity index (χ1v) is 8.12. The van der Waals surface area contributed by atoms with Crippen LogP contribution in [-0.4, -0.2) is 37.6 Å². The number of hydrogen-bond acceptors (Lipinski definition) is 3.